The van der Waals surface area contributed by atoms with Gasteiger partial charge in [-0.15, -0.1) is 11.3 Å². The Morgan fingerprint density at radius 3 is 3.27 bits per heavy atom. The third-order valence-electron chi connectivity index (χ3n) is 2.66. The van der Waals surface area contributed by atoms with Gasteiger partial charge in [-0.05, 0) is 25.7 Å². The number of hydrogen-bond acceptors (Lipinski definition) is 4. The lowest BCUT2D eigenvalue weighted by Crippen LogP contribution is -2.28. The molecule has 0 amide bonds. The van der Waals surface area contributed by atoms with E-state index in [0.29, 0.717) is 5.92 Å². The van der Waals surface area contributed by atoms with Gasteiger partial charge in [-0.1, -0.05) is 0 Å². The Kier molecular flexibility index (Phi) is 4.11. The van der Waals surface area contributed by atoms with Crippen molar-refractivity contribution in [3.8, 4) is 0 Å². The number of aromatic nitrogens is 1. The average Bonchev–Trinajstić information content (AvgIpc) is 2.66. The Morgan fingerprint density at radius 1 is 1.67 bits per heavy atom. The number of rotatable bonds is 4. The van der Waals surface area contributed by atoms with Crippen LogP contribution in [0.15, 0.2) is 5.38 Å². The van der Waals surface area contributed by atoms with Crippen molar-refractivity contribution in [2.24, 2.45) is 5.92 Å². The summed E-state index contributed by atoms with van der Waals surface area (Å²) < 4.78 is 5.44. The van der Waals surface area contributed by atoms with E-state index in [4.69, 9.17) is 4.74 Å². The van der Waals surface area contributed by atoms with E-state index >= 15 is 0 Å². The average molecular weight is 226 g/mol. The quantitative estimate of drug-likeness (QED) is 0.852. The van der Waals surface area contributed by atoms with E-state index in [9.17, 15) is 0 Å². The Hall–Kier alpha value is -0.450. The zero-order valence-electron chi connectivity index (χ0n) is 9.16. The smallest absolute Gasteiger partial charge is 0.0897 e. The molecule has 0 spiro atoms. The highest BCUT2D eigenvalue weighted by atomic mass is 32.1. The molecular weight excluding hydrogens is 208 g/mol. The van der Waals surface area contributed by atoms with E-state index in [0.717, 1.165) is 37.0 Å². The molecule has 3 nitrogen and oxygen atoms in total. The van der Waals surface area contributed by atoms with Crippen LogP contribution >= 0.6 is 11.3 Å². The summed E-state index contributed by atoms with van der Waals surface area (Å²) in [5, 5.41) is 6.72. The molecule has 0 radical (unpaired) electrons. The summed E-state index contributed by atoms with van der Waals surface area (Å²) in [6.07, 6.45) is 2.51. The van der Waals surface area contributed by atoms with Gasteiger partial charge >= 0.3 is 0 Å². The molecule has 1 fully saturated rings. The van der Waals surface area contributed by atoms with E-state index < -0.39 is 0 Å². The molecule has 0 aromatic carbocycles. The van der Waals surface area contributed by atoms with Crippen molar-refractivity contribution < 1.29 is 4.74 Å². The molecule has 0 aliphatic carbocycles. The lowest BCUT2D eigenvalue weighted by molar-refractivity contribution is 0.0547. The first-order chi connectivity index (χ1) is 7.34. The number of nitrogens with zero attached hydrogens (tertiary/aromatic N) is 1. The number of nitrogens with one attached hydrogen (secondary N) is 1. The first-order valence-corrected chi connectivity index (χ1v) is 6.42. The largest absolute Gasteiger partial charge is 0.381 e. The zero-order valence-corrected chi connectivity index (χ0v) is 9.98. The lowest BCUT2D eigenvalue weighted by Gasteiger charge is -2.22. The molecule has 1 aromatic heterocycles. The fourth-order valence-electron chi connectivity index (χ4n) is 1.86. The maximum Gasteiger partial charge on any atom is 0.0897 e. The Bertz CT molecular complexity index is 295. The predicted molar refractivity (Wildman–Crippen MR) is 62.1 cm³/mol. The highest BCUT2D eigenvalue weighted by molar-refractivity contribution is 7.09. The molecule has 1 unspecified atom stereocenters. The van der Waals surface area contributed by atoms with Crippen LogP contribution in [0.25, 0.3) is 0 Å². The molecule has 0 saturated carbocycles. The normalized spacial score (nSPS) is 21.8. The summed E-state index contributed by atoms with van der Waals surface area (Å²) in [6.45, 7) is 5.85. The van der Waals surface area contributed by atoms with Crippen LogP contribution in [0.3, 0.4) is 0 Å². The minimum atomic E-state index is 0.693. The van der Waals surface area contributed by atoms with Gasteiger partial charge in [0.1, 0.15) is 0 Å². The number of aryl methyl sites for hydroxylation is 1. The molecular formula is C11H18N2OS. The Morgan fingerprint density at radius 2 is 2.60 bits per heavy atom. The lowest BCUT2D eigenvalue weighted by atomic mass is 10.0. The first-order valence-electron chi connectivity index (χ1n) is 5.54. The topological polar surface area (TPSA) is 34.2 Å². The highest BCUT2D eigenvalue weighted by Gasteiger charge is 2.13. The third-order valence-corrected chi connectivity index (χ3v) is 3.48. The summed E-state index contributed by atoms with van der Waals surface area (Å²) in [6, 6.07) is 0. The standard InChI is InChI=1S/C11H18N2OS/c1-9-13-11(8-15-9)6-12-5-10-3-2-4-14-7-10/h8,10,12H,2-7H2,1H3. The van der Waals surface area contributed by atoms with E-state index in [1.807, 2.05) is 6.92 Å². The summed E-state index contributed by atoms with van der Waals surface area (Å²) in [7, 11) is 0. The fourth-order valence-corrected chi connectivity index (χ4v) is 2.47. The van der Waals surface area contributed by atoms with Gasteiger partial charge in [0.2, 0.25) is 0 Å². The van der Waals surface area contributed by atoms with Crippen molar-refractivity contribution in [3.05, 3.63) is 16.1 Å². The molecule has 2 rings (SSSR count). The van der Waals surface area contributed by atoms with Gasteiger partial charge in [-0.3, -0.25) is 0 Å². The molecule has 1 N–H and O–H groups in total. The minimum Gasteiger partial charge on any atom is -0.381 e. The van der Waals surface area contributed by atoms with Crippen molar-refractivity contribution in [2.75, 3.05) is 19.8 Å². The van der Waals surface area contributed by atoms with Gasteiger partial charge in [0, 0.05) is 25.1 Å². The summed E-state index contributed by atoms with van der Waals surface area (Å²) in [5.74, 6) is 0.693. The molecule has 15 heavy (non-hydrogen) atoms. The summed E-state index contributed by atoms with van der Waals surface area (Å²) in [4.78, 5) is 4.42. The van der Waals surface area contributed by atoms with Gasteiger partial charge in [0.25, 0.3) is 0 Å². The van der Waals surface area contributed by atoms with Gasteiger partial charge in [0.15, 0.2) is 0 Å². The monoisotopic (exact) mass is 226 g/mol. The minimum absolute atomic E-state index is 0.693. The van der Waals surface area contributed by atoms with Crippen molar-refractivity contribution >= 4 is 11.3 Å². The second kappa shape index (κ2) is 5.58. The van der Waals surface area contributed by atoms with E-state index in [-0.39, 0.29) is 0 Å². The van der Waals surface area contributed by atoms with Crippen molar-refractivity contribution in [3.63, 3.8) is 0 Å². The van der Waals surface area contributed by atoms with Crippen LogP contribution in [-0.4, -0.2) is 24.7 Å². The van der Waals surface area contributed by atoms with Crippen LogP contribution in [0.4, 0.5) is 0 Å². The van der Waals surface area contributed by atoms with Crippen LogP contribution in [-0.2, 0) is 11.3 Å². The number of thiazole rings is 1. The van der Waals surface area contributed by atoms with Crippen LogP contribution < -0.4 is 5.32 Å². The molecule has 4 heteroatoms. The van der Waals surface area contributed by atoms with E-state index in [1.54, 1.807) is 11.3 Å². The third kappa shape index (κ3) is 3.55. The highest BCUT2D eigenvalue weighted by Crippen LogP contribution is 2.12. The molecule has 1 aromatic rings. The van der Waals surface area contributed by atoms with Crippen LogP contribution in [0.5, 0.6) is 0 Å². The molecule has 1 aliphatic heterocycles. The van der Waals surface area contributed by atoms with E-state index in [1.165, 1.54) is 12.8 Å². The SMILES string of the molecule is Cc1nc(CNCC2CCCOC2)cs1. The van der Waals surface area contributed by atoms with Crippen molar-refractivity contribution in [1.82, 2.24) is 10.3 Å². The van der Waals surface area contributed by atoms with E-state index in [2.05, 4.69) is 15.7 Å². The van der Waals surface area contributed by atoms with Crippen molar-refractivity contribution in [2.45, 2.75) is 26.3 Å². The van der Waals surface area contributed by atoms with Gasteiger partial charge in [-0.2, -0.15) is 0 Å². The molecule has 1 aliphatic rings. The molecule has 84 valence electrons. The number of hydrogen-bond donors (Lipinski definition) is 1. The van der Waals surface area contributed by atoms with Crippen LogP contribution in [0.1, 0.15) is 23.5 Å². The summed E-state index contributed by atoms with van der Waals surface area (Å²) in [5.41, 5.74) is 1.16. The number of ether oxygens (including phenoxy) is 1. The van der Waals surface area contributed by atoms with Gasteiger partial charge in [-0.25, -0.2) is 4.98 Å². The van der Waals surface area contributed by atoms with Crippen molar-refractivity contribution in [1.29, 1.82) is 0 Å². The van der Waals surface area contributed by atoms with Crippen LogP contribution in [0.2, 0.25) is 0 Å². The molecule has 0 bridgehead atoms. The van der Waals surface area contributed by atoms with Crippen LogP contribution in [0, 0.1) is 12.8 Å². The predicted octanol–water partition coefficient (Wildman–Crippen LogP) is 1.97. The second-order valence-electron chi connectivity index (χ2n) is 4.07. The molecule has 2 heterocycles. The second-order valence-corrected chi connectivity index (χ2v) is 5.13. The zero-order chi connectivity index (χ0) is 10.5. The Labute approximate surface area is 94.9 Å². The summed E-state index contributed by atoms with van der Waals surface area (Å²) >= 11 is 1.71. The maximum absolute atomic E-state index is 5.44. The first kappa shape index (κ1) is 11.0. The van der Waals surface area contributed by atoms with Gasteiger partial charge in [0.05, 0.1) is 17.3 Å². The molecule has 1 saturated heterocycles. The fraction of sp³-hybridized carbons (Fsp3) is 0.727. The maximum atomic E-state index is 5.44. The molecule has 1 atom stereocenters. The van der Waals surface area contributed by atoms with Gasteiger partial charge < -0.3 is 10.1 Å². The Balaban J connectivity index is 1.65.